The summed E-state index contributed by atoms with van der Waals surface area (Å²) in [5.74, 6) is 1.16. The van der Waals surface area contributed by atoms with E-state index in [0.717, 1.165) is 56.7 Å². The minimum Gasteiger partial charge on any atom is -0.206 e. The molecule has 6 heterocycles. The fourth-order valence-electron chi connectivity index (χ4n) is 12.0. The molecule has 0 spiro atoms. The van der Waals surface area contributed by atoms with Gasteiger partial charge in [-0.3, -0.25) is 0 Å². The largest absolute Gasteiger partial charge is 0.416 e. The maximum absolute atomic E-state index is 15.1. The molecule has 0 bridgehead atoms. The quantitative estimate of drug-likeness (QED) is 0.0860. The standard InChI is InChI=1S/C27H36N2.C26H31F3N2.C25H30F2N2/c1-17(2)22-10-12-28(8)24(15-22)26-19(5)14-20(6)27(21(26)7)25-16-23(18(3)4)11-13-29(25)9;1-16(2)19-8-10-30(6)24(12-19)22-14-21(26(27,28)29)15-23(18(22)5)25-13-20(17(3)4)9-11-31(25)7;1-15(2)18-8-10-28(6)22(12-18)24-17(5)25(21(27)14-20(24)26)23-13-19(16(3)4)9-11-29(23)7/h10-18H,1-9H3;8-17H,1-7H3;8-16H,1-7H3/q3*+2. The second-order valence-corrected chi connectivity index (χ2v) is 26.5. The fourth-order valence-corrected chi connectivity index (χ4v) is 12.0. The zero-order valence-corrected chi connectivity index (χ0v) is 57.2. The predicted octanol–water partition coefficient (Wildman–Crippen LogP) is 17.6. The van der Waals surface area contributed by atoms with Crippen molar-refractivity contribution in [2.24, 2.45) is 42.3 Å². The Kier molecular flexibility index (Phi) is 21.6. The number of halogens is 5. The molecule has 0 saturated heterocycles. The Morgan fingerprint density at radius 2 is 0.517 bits per heavy atom. The molecule has 0 amide bonds. The van der Waals surface area contributed by atoms with E-state index in [4.69, 9.17) is 0 Å². The summed E-state index contributed by atoms with van der Waals surface area (Å²) in [6, 6.07) is 31.3. The van der Waals surface area contributed by atoms with E-state index in [1.165, 1.54) is 62.5 Å². The van der Waals surface area contributed by atoms with Crippen molar-refractivity contribution >= 4 is 0 Å². The molecule has 0 N–H and O–H groups in total. The van der Waals surface area contributed by atoms with Crippen LogP contribution in [0.1, 0.15) is 185 Å². The Morgan fingerprint density at radius 1 is 0.292 bits per heavy atom. The number of aromatic nitrogens is 6. The van der Waals surface area contributed by atoms with E-state index in [-0.39, 0.29) is 11.8 Å². The average Bonchev–Trinajstić information content (AvgIpc) is 1.40. The highest BCUT2D eigenvalue weighted by atomic mass is 19.4. The van der Waals surface area contributed by atoms with Crippen molar-refractivity contribution in [3.8, 4) is 67.5 Å². The van der Waals surface area contributed by atoms with Crippen molar-refractivity contribution < 1.29 is 49.4 Å². The van der Waals surface area contributed by atoms with E-state index >= 15 is 8.78 Å². The van der Waals surface area contributed by atoms with Gasteiger partial charge in [0.15, 0.2) is 37.2 Å². The molecule has 6 aromatic heterocycles. The Balaban J connectivity index is 0.000000190. The highest BCUT2D eigenvalue weighted by Crippen LogP contribution is 2.41. The van der Waals surface area contributed by atoms with Gasteiger partial charge in [0.1, 0.15) is 53.9 Å². The molecular weight excluding hydrogens is 1120 g/mol. The van der Waals surface area contributed by atoms with Gasteiger partial charge in [-0.15, -0.1) is 0 Å². The molecule has 0 radical (unpaired) electrons. The molecule has 0 saturated carbocycles. The van der Waals surface area contributed by atoms with Crippen LogP contribution in [0.3, 0.4) is 0 Å². The Hall–Kier alpha value is -7.79. The maximum Gasteiger partial charge on any atom is 0.416 e. The van der Waals surface area contributed by atoms with Crippen molar-refractivity contribution in [2.45, 2.75) is 159 Å². The van der Waals surface area contributed by atoms with Crippen molar-refractivity contribution in [2.75, 3.05) is 0 Å². The molecule has 0 unspecified atom stereocenters. The van der Waals surface area contributed by atoms with Crippen LogP contribution in [0.15, 0.2) is 134 Å². The summed E-state index contributed by atoms with van der Waals surface area (Å²) in [7, 11) is 11.8. The van der Waals surface area contributed by atoms with E-state index in [1.807, 2.05) is 127 Å². The van der Waals surface area contributed by atoms with Gasteiger partial charge in [0, 0.05) is 78.9 Å². The Bertz CT molecular complexity index is 3660. The molecule has 9 aromatic rings. The summed E-state index contributed by atoms with van der Waals surface area (Å²) in [4.78, 5) is 0. The summed E-state index contributed by atoms with van der Waals surface area (Å²) < 4.78 is 83.9. The number of alkyl halides is 3. The first-order valence-electron chi connectivity index (χ1n) is 31.4. The normalized spacial score (nSPS) is 11.8. The Morgan fingerprint density at radius 3 is 0.764 bits per heavy atom. The van der Waals surface area contributed by atoms with Crippen molar-refractivity contribution in [3.63, 3.8) is 0 Å². The topological polar surface area (TPSA) is 23.3 Å². The molecule has 0 aliphatic heterocycles. The molecule has 11 heteroatoms. The summed E-state index contributed by atoms with van der Waals surface area (Å²) in [6.07, 6.45) is 7.68. The van der Waals surface area contributed by atoms with Crippen LogP contribution >= 0.6 is 0 Å². The second kappa shape index (κ2) is 27.9. The molecule has 0 atom stereocenters. The van der Waals surface area contributed by atoms with Crippen LogP contribution in [0.4, 0.5) is 22.0 Å². The first-order chi connectivity index (χ1) is 41.6. The van der Waals surface area contributed by atoms with Crippen LogP contribution in [0.25, 0.3) is 67.5 Å². The summed E-state index contributed by atoms with van der Waals surface area (Å²) in [6.45, 7) is 36.3. The number of hydrogen-bond donors (Lipinski definition) is 0. The number of nitrogens with zero attached hydrogens (tertiary/aromatic N) is 6. The van der Waals surface area contributed by atoms with E-state index in [9.17, 15) is 13.2 Å². The van der Waals surface area contributed by atoms with Crippen molar-refractivity contribution in [3.05, 3.63) is 213 Å². The Labute approximate surface area is 528 Å². The number of pyridine rings is 6. The SMILES string of the molecule is Cc1c(-c2cc(C(C)C)cc[n+]2C)c(F)cc(F)c1-c1cc(C(C)C)cc[n+]1C.Cc1c(-c2cc(C(C)C)cc[n+]2C)cc(C(F)(F)F)cc1-c1cc(C(C)C)cc[n+]1C.Cc1cc(C)c(-c2cc(C(C)C)cc[n+]2C)c(C)c1-c1cc(C(C)C)cc[n+]1C. The van der Waals surface area contributed by atoms with Gasteiger partial charge in [0.05, 0.1) is 38.9 Å². The van der Waals surface area contributed by atoms with E-state index in [0.29, 0.717) is 51.5 Å². The lowest BCUT2D eigenvalue weighted by Gasteiger charge is -2.17. The van der Waals surface area contributed by atoms with Crippen LogP contribution < -0.4 is 27.4 Å². The molecule has 0 aliphatic carbocycles. The summed E-state index contributed by atoms with van der Waals surface area (Å²) >= 11 is 0. The van der Waals surface area contributed by atoms with Gasteiger partial charge >= 0.3 is 6.18 Å². The molecule has 3 aromatic carbocycles. The highest BCUT2D eigenvalue weighted by molar-refractivity contribution is 5.79. The lowest BCUT2D eigenvalue weighted by Crippen LogP contribution is -2.32. The van der Waals surface area contributed by atoms with Crippen molar-refractivity contribution in [1.82, 2.24) is 0 Å². The smallest absolute Gasteiger partial charge is 0.206 e. The first-order valence-corrected chi connectivity index (χ1v) is 31.4. The zero-order valence-electron chi connectivity index (χ0n) is 57.2. The summed E-state index contributed by atoms with van der Waals surface area (Å²) in [5.41, 5.74) is 22.5. The monoisotopic (exact) mass is 1210 g/mol. The van der Waals surface area contributed by atoms with E-state index in [2.05, 4.69) is 170 Å². The number of hydrogen-bond acceptors (Lipinski definition) is 0. The minimum absolute atomic E-state index is 0.283. The van der Waals surface area contributed by atoms with Gasteiger partial charge in [0.25, 0.3) is 0 Å². The van der Waals surface area contributed by atoms with Gasteiger partial charge < -0.3 is 0 Å². The molecule has 0 fully saturated rings. The highest BCUT2D eigenvalue weighted by Gasteiger charge is 2.35. The lowest BCUT2D eigenvalue weighted by atomic mass is 9.88. The van der Waals surface area contributed by atoms with Crippen LogP contribution in [-0.2, 0) is 48.5 Å². The number of rotatable bonds is 12. The number of aryl methyl sites for hydroxylation is 8. The molecule has 468 valence electrons. The molecule has 0 aliphatic rings. The third kappa shape index (κ3) is 15.1. The van der Waals surface area contributed by atoms with Gasteiger partial charge in [-0.2, -0.15) is 13.2 Å². The summed E-state index contributed by atoms with van der Waals surface area (Å²) in [5, 5.41) is 0. The van der Waals surface area contributed by atoms with Gasteiger partial charge in [0.2, 0.25) is 34.2 Å². The zero-order chi connectivity index (χ0) is 66.0. The molecule has 6 nitrogen and oxygen atoms in total. The minimum atomic E-state index is -4.43. The maximum atomic E-state index is 15.1. The van der Waals surface area contributed by atoms with E-state index in [1.54, 1.807) is 6.92 Å². The van der Waals surface area contributed by atoms with Crippen LogP contribution in [0, 0.1) is 46.3 Å². The molecule has 9 rings (SSSR count). The first kappa shape index (κ1) is 68.7. The molecule has 89 heavy (non-hydrogen) atoms. The van der Waals surface area contributed by atoms with Gasteiger partial charge in [-0.1, -0.05) is 89.2 Å². The van der Waals surface area contributed by atoms with Gasteiger partial charge in [-0.05, 0) is 143 Å². The third-order valence-electron chi connectivity index (χ3n) is 17.8. The molecular formula is C78H97F5N6+6. The van der Waals surface area contributed by atoms with E-state index < -0.39 is 23.4 Å². The van der Waals surface area contributed by atoms with Crippen LogP contribution in [-0.4, -0.2) is 0 Å². The fraction of sp³-hybridized carbons (Fsp3) is 0.385. The average molecular weight is 1210 g/mol. The van der Waals surface area contributed by atoms with Crippen LogP contribution in [0.5, 0.6) is 0 Å². The third-order valence-corrected chi connectivity index (χ3v) is 17.8. The second-order valence-electron chi connectivity index (χ2n) is 26.5. The van der Waals surface area contributed by atoms with Crippen molar-refractivity contribution in [1.29, 1.82) is 0 Å². The van der Waals surface area contributed by atoms with Gasteiger partial charge in [-0.25, -0.2) is 36.2 Å². The van der Waals surface area contributed by atoms with Crippen LogP contribution in [0.2, 0.25) is 0 Å². The lowest BCUT2D eigenvalue weighted by molar-refractivity contribution is -0.661. The number of benzene rings is 3. The predicted molar refractivity (Wildman–Crippen MR) is 352 cm³/mol.